The first-order valence-corrected chi connectivity index (χ1v) is 12.5. The summed E-state index contributed by atoms with van der Waals surface area (Å²) in [4.78, 5) is 15.3. The molecule has 0 bridgehead atoms. The third kappa shape index (κ3) is 5.58. The lowest BCUT2D eigenvalue weighted by Gasteiger charge is -2.32. The molecule has 2 heterocycles. The summed E-state index contributed by atoms with van der Waals surface area (Å²) >= 11 is 6.12. The van der Waals surface area contributed by atoms with Gasteiger partial charge in [0, 0.05) is 37.3 Å². The summed E-state index contributed by atoms with van der Waals surface area (Å²) in [6, 6.07) is 19.8. The van der Waals surface area contributed by atoms with Crippen LogP contribution in [0.5, 0.6) is 5.75 Å². The van der Waals surface area contributed by atoms with Crippen LogP contribution in [0.25, 0.3) is 22.5 Å². The lowest BCUT2D eigenvalue weighted by molar-refractivity contribution is 0.0906. The number of nitrogens with two attached hydrogens (primary N) is 1. The molecule has 1 aliphatic heterocycles. The molecule has 0 radical (unpaired) electrons. The summed E-state index contributed by atoms with van der Waals surface area (Å²) in [6.45, 7) is 2.65. The van der Waals surface area contributed by atoms with Gasteiger partial charge in [-0.15, -0.1) is 10.2 Å². The number of amides is 1. The van der Waals surface area contributed by atoms with Crippen molar-refractivity contribution < 1.29 is 9.53 Å². The van der Waals surface area contributed by atoms with Gasteiger partial charge in [-0.3, -0.25) is 9.69 Å². The van der Waals surface area contributed by atoms with Gasteiger partial charge in [-0.25, -0.2) is 0 Å². The number of hydrogen-bond acceptors (Lipinski definition) is 7. The Hall–Kier alpha value is -3.95. The van der Waals surface area contributed by atoms with Crippen LogP contribution in [0.3, 0.4) is 0 Å². The predicted octanol–water partition coefficient (Wildman–Crippen LogP) is 4.17. The molecule has 0 aliphatic carbocycles. The van der Waals surface area contributed by atoms with Crippen LogP contribution in [-0.4, -0.2) is 57.7 Å². The van der Waals surface area contributed by atoms with Gasteiger partial charge in [-0.2, -0.15) is 5.21 Å². The van der Waals surface area contributed by atoms with Crippen molar-refractivity contribution >= 4 is 23.2 Å². The maximum Gasteiger partial charge on any atom is 0.255 e. The molecule has 5 rings (SSSR count). The van der Waals surface area contributed by atoms with Crippen molar-refractivity contribution in [2.75, 3.05) is 25.9 Å². The zero-order chi connectivity index (χ0) is 25.8. The van der Waals surface area contributed by atoms with Crippen molar-refractivity contribution in [3.05, 3.63) is 76.8 Å². The molecule has 3 aromatic carbocycles. The minimum atomic E-state index is -0.200. The smallest absolute Gasteiger partial charge is 0.255 e. The monoisotopic (exact) mass is 517 g/mol. The third-order valence-corrected chi connectivity index (χ3v) is 7.00. The van der Waals surface area contributed by atoms with Gasteiger partial charge in [0.15, 0.2) is 0 Å². The number of aromatic nitrogens is 4. The summed E-state index contributed by atoms with van der Waals surface area (Å²) in [7, 11) is 1.51. The first kappa shape index (κ1) is 24.7. The van der Waals surface area contributed by atoms with E-state index in [-0.39, 0.29) is 11.9 Å². The fraction of sp³-hybridized carbons (Fsp3) is 0.259. The molecule has 190 valence electrons. The molecule has 1 aliphatic rings. The first-order chi connectivity index (χ1) is 18.0. The molecule has 4 N–H and O–H groups in total. The summed E-state index contributed by atoms with van der Waals surface area (Å²) in [5, 5.41) is 17.9. The highest BCUT2D eigenvalue weighted by Gasteiger charge is 2.23. The summed E-state index contributed by atoms with van der Waals surface area (Å²) < 4.78 is 5.32. The highest BCUT2D eigenvalue weighted by atomic mass is 35.5. The topological polar surface area (TPSA) is 122 Å². The highest BCUT2D eigenvalue weighted by Crippen LogP contribution is 2.31. The Morgan fingerprint density at radius 1 is 1.14 bits per heavy atom. The predicted molar refractivity (Wildman–Crippen MR) is 143 cm³/mol. The number of anilines is 1. The van der Waals surface area contributed by atoms with Crippen LogP contribution in [0.15, 0.2) is 60.7 Å². The molecule has 1 aromatic heterocycles. The third-order valence-electron chi connectivity index (χ3n) is 6.67. The number of hydrogen-bond donors (Lipinski definition) is 3. The van der Waals surface area contributed by atoms with Crippen molar-refractivity contribution in [2.24, 2.45) is 0 Å². The van der Waals surface area contributed by atoms with E-state index in [0.717, 1.165) is 49.2 Å². The summed E-state index contributed by atoms with van der Waals surface area (Å²) in [5.41, 5.74) is 10.9. The zero-order valence-corrected chi connectivity index (χ0v) is 21.2. The Bertz CT molecular complexity index is 1370. The molecule has 9 nitrogen and oxygen atoms in total. The van der Waals surface area contributed by atoms with Gasteiger partial charge in [0.1, 0.15) is 5.75 Å². The maximum absolute atomic E-state index is 12.9. The standard InChI is InChI=1S/C27H28ClN7O2/c1-37-25-15-24(29)23(28)14-22(25)27(36)30-19-10-12-35(13-11-19)16-17-6-8-18(9-7-17)20-4-2-3-5-21(20)26-31-33-34-32-26/h2-9,14-15,19H,10-13,16,29H2,1H3,(H,30,36)(H,31,32,33,34). The molecule has 0 spiro atoms. The van der Waals surface area contributed by atoms with Crippen LogP contribution >= 0.6 is 11.6 Å². The zero-order valence-electron chi connectivity index (χ0n) is 20.4. The number of H-pyrrole nitrogens is 1. The van der Waals surface area contributed by atoms with Gasteiger partial charge in [0.25, 0.3) is 5.91 Å². The number of piperidine rings is 1. The Balaban J connectivity index is 1.17. The number of benzene rings is 3. The molecule has 37 heavy (non-hydrogen) atoms. The molecule has 0 atom stereocenters. The second-order valence-corrected chi connectivity index (χ2v) is 9.48. The van der Waals surface area contributed by atoms with E-state index in [1.807, 2.05) is 18.2 Å². The average Bonchev–Trinajstić information content (AvgIpc) is 3.46. The Morgan fingerprint density at radius 2 is 1.86 bits per heavy atom. The van der Waals surface area contributed by atoms with Crippen molar-refractivity contribution in [1.82, 2.24) is 30.8 Å². The Kier molecular flexibility index (Phi) is 7.34. The summed E-state index contributed by atoms with van der Waals surface area (Å²) in [6.07, 6.45) is 1.74. The second kappa shape index (κ2) is 11.0. The number of rotatable bonds is 7. The van der Waals surface area contributed by atoms with Gasteiger partial charge < -0.3 is 15.8 Å². The Labute approximate surface area is 220 Å². The number of nitrogens with one attached hydrogen (secondary N) is 2. The quantitative estimate of drug-likeness (QED) is 0.314. The number of likely N-dealkylation sites (tertiary alicyclic amines) is 1. The van der Waals surface area contributed by atoms with E-state index < -0.39 is 0 Å². The van der Waals surface area contributed by atoms with Gasteiger partial charge in [-0.05, 0) is 40.8 Å². The number of nitrogens with zero attached hydrogens (tertiary/aromatic N) is 4. The highest BCUT2D eigenvalue weighted by molar-refractivity contribution is 6.33. The number of carbonyl (C=O) groups is 1. The van der Waals surface area contributed by atoms with E-state index in [0.29, 0.717) is 27.8 Å². The van der Waals surface area contributed by atoms with E-state index in [4.69, 9.17) is 22.1 Å². The second-order valence-electron chi connectivity index (χ2n) is 9.08. The minimum Gasteiger partial charge on any atom is -0.496 e. The summed E-state index contributed by atoms with van der Waals surface area (Å²) in [5.74, 6) is 0.793. The van der Waals surface area contributed by atoms with Gasteiger partial charge in [-0.1, -0.05) is 60.1 Å². The molecular weight excluding hydrogens is 490 g/mol. The van der Waals surface area contributed by atoms with Crippen LogP contribution in [0.4, 0.5) is 5.69 Å². The largest absolute Gasteiger partial charge is 0.496 e. The molecule has 1 fully saturated rings. The number of ether oxygens (including phenoxy) is 1. The molecule has 10 heteroatoms. The number of methoxy groups -OCH3 is 1. The van der Waals surface area contributed by atoms with Crippen LogP contribution < -0.4 is 15.8 Å². The van der Waals surface area contributed by atoms with E-state index >= 15 is 0 Å². The maximum atomic E-state index is 12.9. The molecule has 4 aromatic rings. The van der Waals surface area contributed by atoms with Crippen molar-refractivity contribution in [3.8, 4) is 28.3 Å². The molecular formula is C27H28ClN7O2. The lowest BCUT2D eigenvalue weighted by atomic mass is 9.98. The lowest BCUT2D eigenvalue weighted by Crippen LogP contribution is -2.44. The van der Waals surface area contributed by atoms with Gasteiger partial charge >= 0.3 is 0 Å². The number of nitrogen functional groups attached to an aromatic ring is 1. The normalized spacial score (nSPS) is 14.4. The van der Waals surface area contributed by atoms with Crippen LogP contribution in [0.1, 0.15) is 28.8 Å². The van der Waals surface area contributed by atoms with Crippen LogP contribution in [0.2, 0.25) is 5.02 Å². The fourth-order valence-electron chi connectivity index (χ4n) is 4.67. The van der Waals surface area contributed by atoms with E-state index in [9.17, 15) is 4.79 Å². The van der Waals surface area contributed by atoms with Gasteiger partial charge in [0.2, 0.25) is 5.82 Å². The van der Waals surface area contributed by atoms with Crippen molar-refractivity contribution in [2.45, 2.75) is 25.4 Å². The number of aromatic amines is 1. The number of carbonyl (C=O) groups excluding carboxylic acids is 1. The van der Waals surface area contributed by atoms with Gasteiger partial charge in [0.05, 0.1) is 23.4 Å². The molecule has 0 unspecified atom stereocenters. The SMILES string of the molecule is COc1cc(N)c(Cl)cc1C(=O)NC1CCN(Cc2ccc(-c3ccccc3-c3nn[nH]n3)cc2)CC1. The van der Waals surface area contributed by atoms with Crippen molar-refractivity contribution in [3.63, 3.8) is 0 Å². The molecule has 1 amide bonds. The van der Waals surface area contributed by atoms with Crippen LogP contribution in [0, 0.1) is 0 Å². The Morgan fingerprint density at radius 3 is 2.54 bits per heavy atom. The van der Waals surface area contributed by atoms with E-state index in [1.165, 1.54) is 12.7 Å². The van der Waals surface area contributed by atoms with Crippen LogP contribution in [-0.2, 0) is 6.54 Å². The van der Waals surface area contributed by atoms with E-state index in [1.54, 1.807) is 12.1 Å². The molecule has 0 saturated carbocycles. The minimum absolute atomic E-state index is 0.0915. The average molecular weight is 518 g/mol. The number of halogens is 1. The molecule has 1 saturated heterocycles. The fourth-order valence-corrected chi connectivity index (χ4v) is 4.83. The number of tetrazole rings is 1. The van der Waals surface area contributed by atoms with E-state index in [2.05, 4.69) is 61.2 Å². The van der Waals surface area contributed by atoms with Crippen molar-refractivity contribution in [1.29, 1.82) is 0 Å². The first-order valence-electron chi connectivity index (χ1n) is 12.1.